The Hall–Kier alpha value is -2.15. The number of amides is 2. The third-order valence-corrected chi connectivity index (χ3v) is 5.45. The number of thiophene rings is 1. The fourth-order valence-corrected chi connectivity index (χ4v) is 3.87. The zero-order valence-electron chi connectivity index (χ0n) is 13.0. The number of nitrogens with zero attached hydrogens (tertiary/aromatic N) is 2. The Morgan fingerprint density at radius 2 is 2.17 bits per heavy atom. The summed E-state index contributed by atoms with van der Waals surface area (Å²) >= 11 is 1.32. The Labute approximate surface area is 138 Å². The van der Waals surface area contributed by atoms with E-state index >= 15 is 0 Å². The Bertz CT molecular complexity index is 735. The number of aromatic nitrogens is 1. The summed E-state index contributed by atoms with van der Waals surface area (Å²) in [6, 6.07) is 3.69. The molecule has 1 fully saturated rings. The molecule has 0 radical (unpaired) electrons. The zero-order valence-corrected chi connectivity index (χ0v) is 13.9. The van der Waals surface area contributed by atoms with Crippen molar-refractivity contribution in [3.63, 3.8) is 0 Å². The maximum absolute atomic E-state index is 12.4. The van der Waals surface area contributed by atoms with Crippen molar-refractivity contribution in [1.29, 1.82) is 0 Å². The van der Waals surface area contributed by atoms with Gasteiger partial charge in [0.2, 0.25) is 5.91 Å². The van der Waals surface area contributed by atoms with Gasteiger partial charge in [0.05, 0.1) is 5.69 Å². The zero-order chi connectivity index (χ0) is 16.4. The van der Waals surface area contributed by atoms with Crippen LogP contribution in [0.2, 0.25) is 0 Å². The molecule has 3 rings (SSSR count). The van der Waals surface area contributed by atoms with Crippen LogP contribution in [0.5, 0.6) is 0 Å². The topological polar surface area (TPSA) is 88.3 Å². The second-order valence-corrected chi connectivity index (χ2v) is 6.86. The number of rotatable bonds is 3. The summed E-state index contributed by atoms with van der Waals surface area (Å²) in [5, 5.41) is 3.81. The molecule has 122 valence electrons. The molecule has 0 unspecified atom stereocenters. The Kier molecular flexibility index (Phi) is 4.47. The van der Waals surface area contributed by atoms with E-state index < -0.39 is 0 Å². The average Bonchev–Trinajstić information content (AvgIpc) is 2.90. The predicted molar refractivity (Wildman–Crippen MR) is 91.3 cm³/mol. The lowest BCUT2D eigenvalue weighted by Gasteiger charge is -2.31. The summed E-state index contributed by atoms with van der Waals surface area (Å²) in [4.78, 5) is 31.1. The average molecular weight is 332 g/mol. The minimum absolute atomic E-state index is 0.123. The Morgan fingerprint density at radius 1 is 1.43 bits per heavy atom. The molecule has 2 amide bonds. The molecule has 0 atom stereocenters. The third kappa shape index (κ3) is 3.29. The lowest BCUT2D eigenvalue weighted by atomic mass is 9.97. The lowest BCUT2D eigenvalue weighted by molar-refractivity contribution is -0.130. The van der Waals surface area contributed by atoms with Crippen LogP contribution >= 0.6 is 11.3 Å². The minimum Gasteiger partial charge on any atom is -0.397 e. The molecule has 2 aromatic rings. The Morgan fingerprint density at radius 3 is 2.83 bits per heavy atom. The number of anilines is 1. The number of nitrogens with two attached hydrogens (primary N) is 1. The van der Waals surface area contributed by atoms with Crippen LogP contribution in [0.1, 0.15) is 29.4 Å². The number of fused-ring (bicyclic) bond motifs is 1. The molecule has 23 heavy (non-hydrogen) atoms. The number of pyridine rings is 1. The monoisotopic (exact) mass is 332 g/mol. The number of piperidine rings is 1. The Balaban J connectivity index is 1.59. The van der Waals surface area contributed by atoms with Crippen LogP contribution < -0.4 is 11.1 Å². The number of carbonyl (C=O) groups excluding carboxylic acids is 2. The van der Waals surface area contributed by atoms with Gasteiger partial charge in [0.25, 0.3) is 5.91 Å². The van der Waals surface area contributed by atoms with Gasteiger partial charge in [0.1, 0.15) is 9.71 Å². The predicted octanol–water partition coefficient (Wildman–Crippen LogP) is 1.87. The van der Waals surface area contributed by atoms with Crippen LogP contribution in [0.3, 0.4) is 0 Å². The van der Waals surface area contributed by atoms with Gasteiger partial charge >= 0.3 is 0 Å². The van der Waals surface area contributed by atoms with Crippen LogP contribution in [-0.4, -0.2) is 41.3 Å². The quantitative estimate of drug-likeness (QED) is 0.898. The normalized spacial score (nSPS) is 15.8. The fraction of sp³-hybridized carbons (Fsp3) is 0.438. The maximum atomic E-state index is 12.4. The van der Waals surface area contributed by atoms with Gasteiger partial charge in [-0.3, -0.25) is 9.59 Å². The van der Waals surface area contributed by atoms with Crippen molar-refractivity contribution < 1.29 is 9.59 Å². The highest BCUT2D eigenvalue weighted by molar-refractivity contribution is 7.21. The summed E-state index contributed by atoms with van der Waals surface area (Å²) in [7, 11) is 0. The first-order chi connectivity index (χ1) is 11.1. The van der Waals surface area contributed by atoms with Crippen molar-refractivity contribution >= 4 is 39.1 Å². The van der Waals surface area contributed by atoms with Gasteiger partial charge in [-0.25, -0.2) is 4.98 Å². The highest BCUT2D eigenvalue weighted by Gasteiger charge is 2.22. The van der Waals surface area contributed by atoms with Crippen LogP contribution in [0.25, 0.3) is 10.2 Å². The molecule has 0 aromatic carbocycles. The number of likely N-dealkylation sites (tertiary alicyclic amines) is 1. The highest BCUT2D eigenvalue weighted by Crippen LogP contribution is 2.31. The number of hydrogen-bond acceptors (Lipinski definition) is 5. The van der Waals surface area contributed by atoms with E-state index in [9.17, 15) is 9.59 Å². The molecule has 3 N–H and O–H groups in total. The van der Waals surface area contributed by atoms with Gasteiger partial charge in [0.15, 0.2) is 0 Å². The van der Waals surface area contributed by atoms with E-state index in [4.69, 9.17) is 5.73 Å². The lowest BCUT2D eigenvalue weighted by Crippen LogP contribution is -2.40. The largest absolute Gasteiger partial charge is 0.397 e. The van der Waals surface area contributed by atoms with Gasteiger partial charge in [0, 0.05) is 38.1 Å². The second-order valence-electron chi connectivity index (χ2n) is 5.86. The van der Waals surface area contributed by atoms with Crippen molar-refractivity contribution in [1.82, 2.24) is 15.2 Å². The number of nitrogen functional groups attached to an aromatic ring is 1. The van der Waals surface area contributed by atoms with E-state index in [0.717, 1.165) is 36.1 Å². The molecule has 1 saturated heterocycles. The van der Waals surface area contributed by atoms with Crippen LogP contribution in [0.4, 0.5) is 5.69 Å². The summed E-state index contributed by atoms with van der Waals surface area (Å²) in [5.41, 5.74) is 6.57. The van der Waals surface area contributed by atoms with E-state index in [1.807, 2.05) is 17.0 Å². The van der Waals surface area contributed by atoms with Crippen molar-refractivity contribution in [2.24, 2.45) is 5.92 Å². The molecular weight excluding hydrogens is 312 g/mol. The summed E-state index contributed by atoms with van der Waals surface area (Å²) < 4.78 is 0. The van der Waals surface area contributed by atoms with E-state index in [2.05, 4.69) is 10.3 Å². The fourth-order valence-electron chi connectivity index (χ4n) is 2.89. The summed E-state index contributed by atoms with van der Waals surface area (Å²) in [5.74, 6) is 0.390. The van der Waals surface area contributed by atoms with Crippen LogP contribution in [0, 0.1) is 5.92 Å². The molecule has 3 heterocycles. The first-order valence-electron chi connectivity index (χ1n) is 7.73. The molecule has 1 aliphatic rings. The molecule has 6 nitrogen and oxygen atoms in total. The smallest absolute Gasteiger partial charge is 0.263 e. The van der Waals surface area contributed by atoms with Crippen LogP contribution in [-0.2, 0) is 4.79 Å². The summed E-state index contributed by atoms with van der Waals surface area (Å²) in [6.45, 7) is 3.75. The maximum Gasteiger partial charge on any atom is 0.263 e. The molecule has 1 aliphatic heterocycles. The molecular formula is C16H20N4O2S. The van der Waals surface area contributed by atoms with Crippen molar-refractivity contribution in [3.05, 3.63) is 23.2 Å². The third-order valence-electron chi connectivity index (χ3n) is 4.32. The first kappa shape index (κ1) is 15.7. The number of carbonyl (C=O) groups is 2. The molecule has 0 aliphatic carbocycles. The first-order valence-corrected chi connectivity index (χ1v) is 8.54. The van der Waals surface area contributed by atoms with Gasteiger partial charge in [-0.15, -0.1) is 11.3 Å². The van der Waals surface area contributed by atoms with Crippen LogP contribution in [0.15, 0.2) is 18.3 Å². The van der Waals surface area contributed by atoms with E-state index in [-0.39, 0.29) is 11.8 Å². The van der Waals surface area contributed by atoms with Crippen molar-refractivity contribution in [2.45, 2.75) is 19.8 Å². The van der Waals surface area contributed by atoms with Gasteiger partial charge in [-0.2, -0.15) is 0 Å². The van der Waals surface area contributed by atoms with Crippen molar-refractivity contribution in [3.8, 4) is 0 Å². The van der Waals surface area contributed by atoms with Gasteiger partial charge < -0.3 is 16.0 Å². The number of nitrogens with one attached hydrogen (secondary N) is 1. The number of hydrogen-bond donors (Lipinski definition) is 2. The van der Waals surface area contributed by atoms with Gasteiger partial charge in [-0.05, 0) is 30.9 Å². The van der Waals surface area contributed by atoms with E-state index in [1.165, 1.54) is 11.3 Å². The van der Waals surface area contributed by atoms with Gasteiger partial charge in [-0.1, -0.05) is 0 Å². The molecule has 0 spiro atoms. The molecule has 0 bridgehead atoms. The minimum atomic E-state index is -0.139. The standard InChI is InChI=1S/C16H20N4O2S/c1-10(21)20-7-4-11(5-8-20)9-19-15(22)14-13(17)12-3-2-6-18-16(12)23-14/h2-3,6,11H,4-5,7-9,17H2,1H3,(H,19,22). The molecule has 2 aromatic heterocycles. The summed E-state index contributed by atoms with van der Waals surface area (Å²) in [6.07, 6.45) is 3.54. The second kappa shape index (κ2) is 6.54. The van der Waals surface area contributed by atoms with E-state index in [1.54, 1.807) is 13.1 Å². The van der Waals surface area contributed by atoms with Crippen molar-refractivity contribution in [2.75, 3.05) is 25.4 Å². The molecule has 0 saturated carbocycles. The highest BCUT2D eigenvalue weighted by atomic mass is 32.1. The van der Waals surface area contributed by atoms with E-state index in [0.29, 0.717) is 23.0 Å². The molecule has 7 heteroatoms. The SMILES string of the molecule is CC(=O)N1CCC(CNC(=O)c2sc3ncccc3c2N)CC1.